The molecule has 2 rings (SSSR count). The van der Waals surface area contributed by atoms with Crippen LogP contribution in [-0.2, 0) is 0 Å². The van der Waals surface area contributed by atoms with Crippen LogP contribution in [-0.4, -0.2) is 32.0 Å². The number of carbonyl (C=O) groups is 1. The van der Waals surface area contributed by atoms with Crippen LogP contribution in [0, 0.1) is 0 Å². The third-order valence-corrected chi connectivity index (χ3v) is 4.05. The Hall–Kier alpha value is -2.14. The summed E-state index contributed by atoms with van der Waals surface area (Å²) in [7, 11) is 5.08. The van der Waals surface area contributed by atoms with E-state index in [0.29, 0.717) is 11.3 Å². The van der Waals surface area contributed by atoms with Crippen molar-refractivity contribution in [3.05, 3.63) is 48.0 Å². The van der Waals surface area contributed by atoms with Crippen molar-refractivity contribution >= 4 is 23.4 Å². The maximum absolute atomic E-state index is 11.9. The van der Waals surface area contributed by atoms with Gasteiger partial charge in [0.2, 0.25) is 0 Å². The Balaban J connectivity index is 2.19. The number of amides is 1. The van der Waals surface area contributed by atoms with E-state index in [1.54, 1.807) is 45.1 Å². The quantitative estimate of drug-likeness (QED) is 0.882. The summed E-state index contributed by atoms with van der Waals surface area (Å²) in [6.07, 6.45) is 0. The summed E-state index contributed by atoms with van der Waals surface area (Å²) >= 11 is 1.56. The molecule has 110 valence electrons. The molecule has 0 spiro atoms. The van der Waals surface area contributed by atoms with Gasteiger partial charge >= 0.3 is 0 Å². The van der Waals surface area contributed by atoms with E-state index in [9.17, 15) is 4.79 Å². The number of anilines is 1. The lowest BCUT2D eigenvalue weighted by molar-refractivity contribution is 0.0827. The minimum absolute atomic E-state index is 0.0531. The predicted octanol–water partition coefficient (Wildman–Crippen LogP) is 3.13. The molecule has 0 saturated heterocycles. The van der Waals surface area contributed by atoms with Crippen LogP contribution in [0.4, 0.5) is 5.69 Å². The number of nitrogens with zero attached hydrogens (tertiary/aromatic N) is 1. The molecule has 0 aliphatic carbocycles. The summed E-state index contributed by atoms with van der Waals surface area (Å²) in [5, 5.41) is 0. The number of rotatable bonds is 4. The lowest BCUT2D eigenvalue weighted by atomic mass is 10.2. The van der Waals surface area contributed by atoms with Gasteiger partial charge in [-0.3, -0.25) is 4.79 Å². The number of carbonyl (C=O) groups excluding carboxylic acids is 1. The van der Waals surface area contributed by atoms with Gasteiger partial charge in [-0.1, -0.05) is 11.8 Å². The maximum atomic E-state index is 11.9. The largest absolute Gasteiger partial charge is 0.497 e. The van der Waals surface area contributed by atoms with Gasteiger partial charge in [0, 0.05) is 35.1 Å². The van der Waals surface area contributed by atoms with Gasteiger partial charge in [0.1, 0.15) is 5.75 Å². The van der Waals surface area contributed by atoms with Crippen molar-refractivity contribution in [1.29, 1.82) is 0 Å². The summed E-state index contributed by atoms with van der Waals surface area (Å²) in [6, 6.07) is 13.1. The monoisotopic (exact) mass is 302 g/mol. The lowest BCUT2D eigenvalue weighted by Crippen LogP contribution is -2.21. The molecule has 0 heterocycles. The molecule has 4 nitrogen and oxygen atoms in total. The Morgan fingerprint density at radius 1 is 1.14 bits per heavy atom. The van der Waals surface area contributed by atoms with Crippen LogP contribution in [0.25, 0.3) is 0 Å². The van der Waals surface area contributed by atoms with Gasteiger partial charge in [-0.25, -0.2) is 0 Å². The van der Waals surface area contributed by atoms with Crippen molar-refractivity contribution in [3.63, 3.8) is 0 Å². The van der Waals surface area contributed by atoms with Crippen LogP contribution in [0.5, 0.6) is 5.75 Å². The smallest absolute Gasteiger partial charge is 0.253 e. The first-order valence-corrected chi connectivity index (χ1v) is 7.26. The van der Waals surface area contributed by atoms with Crippen molar-refractivity contribution in [2.75, 3.05) is 26.9 Å². The Morgan fingerprint density at radius 2 is 1.81 bits per heavy atom. The van der Waals surface area contributed by atoms with Gasteiger partial charge < -0.3 is 15.4 Å². The number of hydrogen-bond donors (Lipinski definition) is 1. The van der Waals surface area contributed by atoms with E-state index in [1.807, 2.05) is 30.3 Å². The molecule has 0 aliphatic rings. The predicted molar refractivity (Wildman–Crippen MR) is 86.0 cm³/mol. The minimum atomic E-state index is -0.0531. The second-order valence-electron chi connectivity index (χ2n) is 4.73. The molecule has 5 heteroatoms. The Bertz CT molecular complexity index is 639. The number of benzene rings is 2. The van der Waals surface area contributed by atoms with Crippen LogP contribution in [0.15, 0.2) is 52.3 Å². The fourth-order valence-corrected chi connectivity index (χ4v) is 2.64. The van der Waals surface area contributed by atoms with Gasteiger partial charge in [-0.05, 0) is 42.5 Å². The topological polar surface area (TPSA) is 55.6 Å². The zero-order valence-electron chi connectivity index (χ0n) is 12.3. The van der Waals surface area contributed by atoms with E-state index in [4.69, 9.17) is 10.5 Å². The molecule has 1 amide bonds. The Morgan fingerprint density at radius 3 is 2.33 bits per heavy atom. The lowest BCUT2D eigenvalue weighted by Gasteiger charge is -2.12. The molecular weight excluding hydrogens is 284 g/mol. The molecule has 0 aliphatic heterocycles. The highest BCUT2D eigenvalue weighted by Crippen LogP contribution is 2.33. The number of nitrogen functional groups attached to an aromatic ring is 1. The molecule has 0 atom stereocenters. The second-order valence-corrected chi connectivity index (χ2v) is 5.85. The maximum Gasteiger partial charge on any atom is 0.253 e. The SMILES string of the molecule is COc1ccc(Sc2ccc(C(=O)N(C)C)cc2N)cc1. The van der Waals surface area contributed by atoms with E-state index < -0.39 is 0 Å². The number of nitrogens with two attached hydrogens (primary N) is 1. The first-order valence-electron chi connectivity index (χ1n) is 6.44. The van der Waals surface area contributed by atoms with Crippen LogP contribution in [0.3, 0.4) is 0 Å². The third-order valence-electron chi connectivity index (χ3n) is 2.95. The molecule has 2 aromatic carbocycles. The van der Waals surface area contributed by atoms with Gasteiger partial charge in [0.15, 0.2) is 0 Å². The molecule has 21 heavy (non-hydrogen) atoms. The summed E-state index contributed by atoms with van der Waals surface area (Å²) in [5.74, 6) is 0.766. The molecule has 0 bridgehead atoms. The Labute approximate surface area is 128 Å². The number of hydrogen-bond acceptors (Lipinski definition) is 4. The van der Waals surface area contributed by atoms with Crippen molar-refractivity contribution in [2.24, 2.45) is 0 Å². The van der Waals surface area contributed by atoms with Crippen LogP contribution in [0.1, 0.15) is 10.4 Å². The van der Waals surface area contributed by atoms with Gasteiger partial charge in [-0.15, -0.1) is 0 Å². The minimum Gasteiger partial charge on any atom is -0.497 e. The van der Waals surface area contributed by atoms with E-state index >= 15 is 0 Å². The van der Waals surface area contributed by atoms with Gasteiger partial charge in [0.05, 0.1) is 7.11 Å². The van der Waals surface area contributed by atoms with E-state index in [-0.39, 0.29) is 5.91 Å². The number of ether oxygens (including phenoxy) is 1. The number of methoxy groups -OCH3 is 1. The van der Waals surface area contributed by atoms with E-state index in [2.05, 4.69) is 0 Å². The highest BCUT2D eigenvalue weighted by Gasteiger charge is 2.10. The van der Waals surface area contributed by atoms with Crippen molar-refractivity contribution < 1.29 is 9.53 Å². The van der Waals surface area contributed by atoms with E-state index in [1.165, 1.54) is 4.90 Å². The van der Waals surface area contributed by atoms with E-state index in [0.717, 1.165) is 15.5 Å². The normalized spacial score (nSPS) is 10.2. The Kier molecular flexibility index (Phi) is 4.75. The van der Waals surface area contributed by atoms with Crippen molar-refractivity contribution in [3.8, 4) is 5.75 Å². The van der Waals surface area contributed by atoms with Gasteiger partial charge in [0.25, 0.3) is 5.91 Å². The molecule has 0 radical (unpaired) electrons. The summed E-state index contributed by atoms with van der Waals surface area (Å²) in [4.78, 5) is 15.4. The zero-order chi connectivity index (χ0) is 15.4. The first kappa shape index (κ1) is 15.3. The molecule has 0 saturated carbocycles. The van der Waals surface area contributed by atoms with Crippen molar-refractivity contribution in [1.82, 2.24) is 4.90 Å². The highest BCUT2D eigenvalue weighted by molar-refractivity contribution is 7.99. The van der Waals surface area contributed by atoms with Crippen LogP contribution in [0.2, 0.25) is 0 Å². The fraction of sp³-hybridized carbons (Fsp3) is 0.188. The van der Waals surface area contributed by atoms with Gasteiger partial charge in [-0.2, -0.15) is 0 Å². The molecule has 2 N–H and O–H groups in total. The zero-order valence-corrected chi connectivity index (χ0v) is 13.1. The standard InChI is InChI=1S/C16H18N2O2S/c1-18(2)16(19)11-4-9-15(14(17)10-11)21-13-7-5-12(20-3)6-8-13/h4-10H,17H2,1-3H3. The molecule has 0 unspecified atom stereocenters. The molecular formula is C16H18N2O2S. The highest BCUT2D eigenvalue weighted by atomic mass is 32.2. The fourth-order valence-electron chi connectivity index (χ4n) is 1.80. The van der Waals surface area contributed by atoms with Crippen LogP contribution < -0.4 is 10.5 Å². The summed E-state index contributed by atoms with van der Waals surface area (Å²) in [6.45, 7) is 0. The summed E-state index contributed by atoms with van der Waals surface area (Å²) < 4.78 is 5.13. The molecule has 0 aromatic heterocycles. The summed E-state index contributed by atoms with van der Waals surface area (Å²) in [5.41, 5.74) is 7.24. The second kappa shape index (κ2) is 6.54. The van der Waals surface area contributed by atoms with Crippen molar-refractivity contribution in [2.45, 2.75) is 9.79 Å². The first-order chi connectivity index (χ1) is 10.0. The average Bonchev–Trinajstić information content (AvgIpc) is 2.49. The van der Waals surface area contributed by atoms with Crippen LogP contribution >= 0.6 is 11.8 Å². The molecule has 0 fully saturated rings. The average molecular weight is 302 g/mol. The molecule has 2 aromatic rings. The third kappa shape index (κ3) is 3.70.